The molecule has 6 N–H and O–H groups in total. The van der Waals surface area contributed by atoms with Crippen molar-refractivity contribution in [1.82, 2.24) is 4.98 Å². The van der Waals surface area contributed by atoms with Gasteiger partial charge < -0.3 is 17.2 Å². The van der Waals surface area contributed by atoms with Crippen LogP contribution in [0.4, 0.5) is 5.82 Å². The SMILES string of the molecule is Cc1nc(N)ccc1C[N+]1(C(=O)[C@H](N)C(C2CCCCC2)C2CCCCC2)CCC[C@@H]2C[C@@]21C(N)=O. The number of piperidine rings is 1. The van der Waals surface area contributed by atoms with Gasteiger partial charge in [-0.1, -0.05) is 64.2 Å². The molecule has 2 heterocycles. The summed E-state index contributed by atoms with van der Waals surface area (Å²) in [6.07, 6.45) is 14.8. The third-order valence-corrected chi connectivity index (χ3v) is 10.5. The number of hydrogen-bond acceptors (Lipinski definition) is 5. The van der Waals surface area contributed by atoms with Gasteiger partial charge in [-0.15, -0.1) is 0 Å². The van der Waals surface area contributed by atoms with Crippen LogP contribution in [0.3, 0.4) is 0 Å². The fourth-order valence-corrected chi connectivity index (χ4v) is 8.63. The van der Waals surface area contributed by atoms with Gasteiger partial charge in [-0.05, 0) is 49.7 Å². The van der Waals surface area contributed by atoms with Gasteiger partial charge in [-0.2, -0.15) is 0 Å². The predicted molar refractivity (Wildman–Crippen MR) is 141 cm³/mol. The molecule has 0 radical (unpaired) electrons. The van der Waals surface area contributed by atoms with Gasteiger partial charge in [0.05, 0.1) is 6.54 Å². The summed E-state index contributed by atoms with van der Waals surface area (Å²) in [5.41, 5.74) is 20.2. The predicted octanol–water partition coefficient (Wildman–Crippen LogP) is 3.96. The summed E-state index contributed by atoms with van der Waals surface area (Å²) >= 11 is 0. The molecule has 0 spiro atoms. The normalized spacial score (nSPS) is 32.1. The third kappa shape index (κ3) is 4.26. The lowest BCUT2D eigenvalue weighted by molar-refractivity contribution is -0.900. The first-order chi connectivity index (χ1) is 17.3. The van der Waals surface area contributed by atoms with E-state index in [1.807, 2.05) is 13.0 Å². The first-order valence-electron chi connectivity index (χ1n) is 14.5. The maximum Gasteiger partial charge on any atom is 0.331 e. The second-order valence-electron chi connectivity index (χ2n) is 12.4. The van der Waals surface area contributed by atoms with Crippen molar-refractivity contribution in [1.29, 1.82) is 0 Å². The van der Waals surface area contributed by atoms with Crippen molar-refractivity contribution in [3.63, 3.8) is 0 Å². The zero-order valence-electron chi connectivity index (χ0n) is 22.1. The molecule has 0 bridgehead atoms. The Morgan fingerprint density at radius 2 is 1.61 bits per heavy atom. The number of nitrogens with two attached hydrogens (primary N) is 3. The average molecular weight is 497 g/mol. The van der Waals surface area contributed by atoms with E-state index in [1.54, 1.807) is 6.07 Å². The monoisotopic (exact) mass is 496 g/mol. The Balaban J connectivity index is 1.54. The molecule has 4 fully saturated rings. The van der Waals surface area contributed by atoms with Crippen molar-refractivity contribution in [3.8, 4) is 0 Å². The molecule has 36 heavy (non-hydrogen) atoms. The fourth-order valence-electron chi connectivity index (χ4n) is 8.63. The highest BCUT2D eigenvalue weighted by Gasteiger charge is 2.76. The van der Waals surface area contributed by atoms with Gasteiger partial charge in [-0.25, -0.2) is 14.3 Å². The van der Waals surface area contributed by atoms with Crippen LogP contribution in [0.25, 0.3) is 0 Å². The molecule has 4 aliphatic rings. The fraction of sp³-hybridized carbons (Fsp3) is 0.759. The van der Waals surface area contributed by atoms with E-state index in [2.05, 4.69) is 4.98 Å². The Morgan fingerprint density at radius 1 is 1.00 bits per heavy atom. The van der Waals surface area contributed by atoms with E-state index in [0.717, 1.165) is 24.1 Å². The molecule has 1 saturated heterocycles. The number of primary amides is 1. The topological polar surface area (TPSA) is 125 Å². The number of amides is 2. The zero-order valence-corrected chi connectivity index (χ0v) is 22.1. The molecule has 3 saturated carbocycles. The number of pyridine rings is 1. The molecule has 198 valence electrons. The van der Waals surface area contributed by atoms with E-state index < -0.39 is 11.6 Å². The number of likely N-dealkylation sites (tertiary alicyclic amines) is 1. The molecular formula is C29H46N5O2+. The molecule has 2 amide bonds. The molecule has 5 rings (SSSR count). The Labute approximate surface area is 216 Å². The summed E-state index contributed by atoms with van der Waals surface area (Å²) in [4.78, 5) is 32.5. The summed E-state index contributed by atoms with van der Waals surface area (Å²) in [6, 6.07) is 3.20. The van der Waals surface area contributed by atoms with Gasteiger partial charge in [-0.3, -0.25) is 4.79 Å². The number of aryl methyl sites for hydroxylation is 1. The van der Waals surface area contributed by atoms with Gasteiger partial charge in [0.1, 0.15) is 18.4 Å². The van der Waals surface area contributed by atoms with Gasteiger partial charge in [0.2, 0.25) is 0 Å². The summed E-state index contributed by atoms with van der Waals surface area (Å²) in [7, 11) is 0. The first-order valence-corrected chi connectivity index (χ1v) is 14.5. The zero-order chi connectivity index (χ0) is 25.5. The minimum Gasteiger partial charge on any atom is -0.384 e. The maximum atomic E-state index is 14.9. The number of fused-ring (bicyclic) bond motifs is 1. The van der Waals surface area contributed by atoms with Crippen molar-refractivity contribution in [2.24, 2.45) is 35.1 Å². The van der Waals surface area contributed by atoms with Crippen LogP contribution in [0.15, 0.2) is 12.1 Å². The summed E-state index contributed by atoms with van der Waals surface area (Å²) in [6.45, 7) is 2.98. The van der Waals surface area contributed by atoms with Crippen molar-refractivity contribution in [2.75, 3.05) is 12.3 Å². The standard InChI is InChI=1S/C29H45N5O2/c1-19-22(14-15-24(30)33-19)18-34(16-8-13-23-17-29(23,34)28(32)36)27(35)26(31)25(20-9-4-2-5-10-20)21-11-6-3-7-12-21/h14-15,20-21,23,25-26H,2-13,16-18,31H2,1H3,(H3-,30,32,33,36)/p+1/t23-,26-,29+,34?/m1/s1. The maximum absolute atomic E-state index is 14.9. The smallest absolute Gasteiger partial charge is 0.331 e. The average Bonchev–Trinajstić information content (AvgIpc) is 3.64. The van der Waals surface area contributed by atoms with E-state index in [1.165, 1.54) is 64.2 Å². The summed E-state index contributed by atoms with van der Waals surface area (Å²) in [5.74, 6) is 1.56. The highest BCUT2D eigenvalue weighted by atomic mass is 16.2. The van der Waals surface area contributed by atoms with Crippen LogP contribution in [0.2, 0.25) is 0 Å². The van der Waals surface area contributed by atoms with Crippen molar-refractivity contribution in [3.05, 3.63) is 23.4 Å². The van der Waals surface area contributed by atoms with Crippen molar-refractivity contribution in [2.45, 2.75) is 109 Å². The molecule has 4 atom stereocenters. The van der Waals surface area contributed by atoms with Crippen LogP contribution in [0.5, 0.6) is 0 Å². The van der Waals surface area contributed by atoms with Crippen LogP contribution in [-0.2, 0) is 16.1 Å². The van der Waals surface area contributed by atoms with E-state index in [4.69, 9.17) is 17.2 Å². The highest BCUT2D eigenvalue weighted by molar-refractivity contribution is 5.91. The van der Waals surface area contributed by atoms with Gasteiger partial charge in [0, 0.05) is 23.6 Å². The van der Waals surface area contributed by atoms with E-state index in [9.17, 15) is 9.59 Å². The number of quaternary nitrogens is 1. The Kier molecular flexibility index (Phi) is 7.16. The molecule has 1 aromatic rings. The molecule has 3 aliphatic carbocycles. The van der Waals surface area contributed by atoms with Crippen LogP contribution in [-0.4, -0.2) is 39.4 Å². The number of aromatic nitrogens is 1. The second kappa shape index (κ2) is 10.1. The van der Waals surface area contributed by atoms with E-state index in [0.29, 0.717) is 37.2 Å². The van der Waals surface area contributed by atoms with Crippen LogP contribution in [0.1, 0.15) is 94.7 Å². The van der Waals surface area contributed by atoms with Crippen molar-refractivity contribution < 1.29 is 14.1 Å². The third-order valence-electron chi connectivity index (χ3n) is 10.5. The summed E-state index contributed by atoms with van der Waals surface area (Å²) < 4.78 is 0.0799. The molecule has 7 heteroatoms. The number of carbonyl (C=O) groups excluding carboxylic acids is 2. The minimum absolute atomic E-state index is 0.0494. The number of nitrogens with zero attached hydrogens (tertiary/aromatic N) is 2. The molecule has 1 unspecified atom stereocenters. The minimum atomic E-state index is -0.829. The summed E-state index contributed by atoms with van der Waals surface area (Å²) in [5, 5.41) is 0. The molecule has 1 aliphatic heterocycles. The van der Waals surface area contributed by atoms with Crippen molar-refractivity contribution >= 4 is 17.6 Å². The van der Waals surface area contributed by atoms with Gasteiger partial charge >= 0.3 is 5.91 Å². The number of hydrogen-bond donors (Lipinski definition) is 3. The lowest BCUT2D eigenvalue weighted by Crippen LogP contribution is -2.71. The largest absolute Gasteiger partial charge is 0.384 e. The second-order valence-corrected chi connectivity index (χ2v) is 12.4. The lowest BCUT2D eigenvalue weighted by Gasteiger charge is -2.48. The van der Waals surface area contributed by atoms with Crippen LogP contribution >= 0.6 is 0 Å². The number of carbonyl (C=O) groups is 2. The number of nitrogen functional groups attached to an aromatic ring is 1. The van der Waals surface area contributed by atoms with Gasteiger partial charge in [0.15, 0.2) is 5.54 Å². The Hall–Kier alpha value is -1.99. The van der Waals surface area contributed by atoms with Crippen LogP contribution < -0.4 is 17.2 Å². The quantitative estimate of drug-likeness (QED) is 0.493. The molecule has 0 aromatic carbocycles. The van der Waals surface area contributed by atoms with E-state index in [-0.39, 0.29) is 28.1 Å². The first kappa shape index (κ1) is 25.7. The molecule has 7 nitrogen and oxygen atoms in total. The number of anilines is 1. The van der Waals surface area contributed by atoms with E-state index >= 15 is 0 Å². The lowest BCUT2D eigenvalue weighted by atomic mass is 9.66. The van der Waals surface area contributed by atoms with Gasteiger partial charge in [0.25, 0.3) is 5.91 Å². The highest BCUT2D eigenvalue weighted by Crippen LogP contribution is 2.59. The number of rotatable bonds is 7. The Bertz CT molecular complexity index is 968. The molecule has 1 aromatic heterocycles. The van der Waals surface area contributed by atoms with Crippen LogP contribution in [0, 0.1) is 30.6 Å². The molecular weight excluding hydrogens is 450 g/mol. The Morgan fingerprint density at radius 3 is 2.17 bits per heavy atom.